The summed E-state index contributed by atoms with van der Waals surface area (Å²) in [5.41, 5.74) is 0.00788. The third-order valence-electron chi connectivity index (χ3n) is 2.65. The van der Waals surface area contributed by atoms with Gasteiger partial charge in [0.1, 0.15) is 17.4 Å². The Kier molecular flexibility index (Phi) is 3.01. The van der Waals surface area contributed by atoms with Crippen LogP contribution in [0.5, 0.6) is 11.6 Å². The minimum Gasteiger partial charge on any atom is -0.438 e. The lowest BCUT2D eigenvalue weighted by Crippen LogP contribution is -2.13. The molecule has 1 aromatic carbocycles. The predicted molar refractivity (Wildman–Crippen MR) is 72.5 cm³/mol. The van der Waals surface area contributed by atoms with Crippen LogP contribution in [-0.4, -0.2) is 19.6 Å². The normalized spacial score (nSPS) is 10.9. The molecule has 8 heteroatoms. The van der Waals surface area contributed by atoms with Crippen molar-refractivity contribution in [1.29, 1.82) is 0 Å². The maximum atomic E-state index is 13.2. The zero-order valence-electron chi connectivity index (χ0n) is 10.2. The first-order chi connectivity index (χ1) is 9.54. The monoisotopic (exact) mass is 338 g/mol. The number of aromatic nitrogens is 4. The number of benzene rings is 1. The summed E-state index contributed by atoms with van der Waals surface area (Å²) < 4.78 is 20.6. The number of fused-ring (bicyclic) bond motifs is 1. The highest BCUT2D eigenvalue weighted by atomic mass is 79.9. The molecule has 0 aliphatic rings. The van der Waals surface area contributed by atoms with Gasteiger partial charge in [0.2, 0.25) is 5.88 Å². The number of ether oxygens (including phenoxy) is 1. The van der Waals surface area contributed by atoms with E-state index in [0.717, 1.165) is 0 Å². The average molecular weight is 339 g/mol. The molecule has 2 heterocycles. The van der Waals surface area contributed by atoms with E-state index in [0.29, 0.717) is 21.7 Å². The highest BCUT2D eigenvalue weighted by Gasteiger charge is 2.10. The van der Waals surface area contributed by atoms with Crippen molar-refractivity contribution in [3.05, 3.63) is 50.9 Å². The number of H-pyrrole nitrogens is 1. The van der Waals surface area contributed by atoms with E-state index < -0.39 is 5.82 Å². The molecule has 0 aliphatic heterocycles. The van der Waals surface area contributed by atoms with Crippen LogP contribution in [0.2, 0.25) is 0 Å². The third kappa shape index (κ3) is 2.18. The van der Waals surface area contributed by atoms with Crippen molar-refractivity contribution >= 4 is 21.6 Å². The smallest absolute Gasteiger partial charge is 0.349 e. The summed E-state index contributed by atoms with van der Waals surface area (Å²) in [6, 6.07) is 5.57. The van der Waals surface area contributed by atoms with Crippen LogP contribution in [-0.2, 0) is 0 Å². The van der Waals surface area contributed by atoms with E-state index in [1.54, 1.807) is 6.92 Å². The summed E-state index contributed by atoms with van der Waals surface area (Å²) in [6.45, 7) is 1.65. The fraction of sp³-hybridized carbons (Fsp3) is 0.0833. The molecule has 0 saturated heterocycles. The van der Waals surface area contributed by atoms with Gasteiger partial charge in [0.25, 0.3) is 0 Å². The maximum absolute atomic E-state index is 13.2. The summed E-state index contributed by atoms with van der Waals surface area (Å²) in [5, 5.41) is 6.16. The zero-order chi connectivity index (χ0) is 14.3. The number of rotatable bonds is 2. The molecule has 3 aromatic rings. The number of aryl methyl sites for hydroxylation is 1. The molecule has 0 fully saturated rings. The average Bonchev–Trinajstić information content (AvgIpc) is 2.76. The summed E-state index contributed by atoms with van der Waals surface area (Å²) in [7, 11) is 0. The van der Waals surface area contributed by atoms with E-state index in [1.807, 2.05) is 0 Å². The van der Waals surface area contributed by atoms with E-state index >= 15 is 0 Å². The van der Waals surface area contributed by atoms with Crippen LogP contribution in [0.3, 0.4) is 0 Å². The number of hydrogen-bond donors (Lipinski definition) is 1. The van der Waals surface area contributed by atoms with Crippen molar-refractivity contribution in [2.45, 2.75) is 6.92 Å². The van der Waals surface area contributed by atoms with E-state index in [1.165, 1.54) is 28.7 Å². The van der Waals surface area contributed by atoms with Gasteiger partial charge in [0.15, 0.2) is 5.65 Å². The van der Waals surface area contributed by atoms with Crippen LogP contribution in [0.15, 0.2) is 33.5 Å². The van der Waals surface area contributed by atoms with Gasteiger partial charge < -0.3 is 4.74 Å². The molecule has 0 saturated carbocycles. The third-order valence-corrected chi connectivity index (χ3v) is 3.31. The van der Waals surface area contributed by atoms with Crippen LogP contribution in [0.25, 0.3) is 5.65 Å². The molecule has 20 heavy (non-hydrogen) atoms. The number of nitrogens with one attached hydrogen (secondary N) is 1. The van der Waals surface area contributed by atoms with E-state index in [9.17, 15) is 9.18 Å². The van der Waals surface area contributed by atoms with Crippen LogP contribution in [0.1, 0.15) is 5.82 Å². The summed E-state index contributed by atoms with van der Waals surface area (Å²) in [5.74, 6) is 0.514. The highest BCUT2D eigenvalue weighted by molar-refractivity contribution is 9.10. The van der Waals surface area contributed by atoms with Gasteiger partial charge in [0.05, 0.1) is 4.47 Å². The predicted octanol–water partition coefficient (Wildman–Crippen LogP) is 2.42. The summed E-state index contributed by atoms with van der Waals surface area (Å²) in [6.07, 6.45) is 0. The Morgan fingerprint density at radius 2 is 2.20 bits per heavy atom. The van der Waals surface area contributed by atoms with Crippen molar-refractivity contribution in [2.75, 3.05) is 0 Å². The molecule has 0 unspecified atom stereocenters. The largest absolute Gasteiger partial charge is 0.438 e. The number of nitrogens with zero attached hydrogens (tertiary/aromatic N) is 3. The Morgan fingerprint density at radius 3 is 3.00 bits per heavy atom. The van der Waals surface area contributed by atoms with E-state index in [4.69, 9.17) is 4.74 Å². The second kappa shape index (κ2) is 4.71. The SMILES string of the molecule is Cc1nc(Oc2cc(F)ccc2Br)cc2n[nH]c(=O)n12. The Morgan fingerprint density at radius 1 is 1.40 bits per heavy atom. The molecule has 1 N–H and O–H groups in total. The molecule has 0 aliphatic carbocycles. The van der Waals surface area contributed by atoms with Gasteiger partial charge in [-0.15, -0.1) is 0 Å². The summed E-state index contributed by atoms with van der Waals surface area (Å²) >= 11 is 3.26. The number of halogens is 2. The molecular formula is C12H8BrFN4O2. The lowest BCUT2D eigenvalue weighted by molar-refractivity contribution is 0.452. The molecule has 2 aromatic heterocycles. The van der Waals surface area contributed by atoms with Gasteiger partial charge in [-0.2, -0.15) is 10.1 Å². The van der Waals surface area contributed by atoms with Crippen molar-refractivity contribution in [1.82, 2.24) is 19.6 Å². The van der Waals surface area contributed by atoms with E-state index in [2.05, 4.69) is 31.1 Å². The molecule has 0 radical (unpaired) electrons. The van der Waals surface area contributed by atoms with Crippen LogP contribution < -0.4 is 10.4 Å². The first-order valence-electron chi connectivity index (χ1n) is 5.62. The van der Waals surface area contributed by atoms with Gasteiger partial charge in [0, 0.05) is 12.1 Å². The highest BCUT2D eigenvalue weighted by Crippen LogP contribution is 2.29. The second-order valence-electron chi connectivity index (χ2n) is 4.04. The maximum Gasteiger partial charge on any atom is 0.349 e. The first kappa shape index (κ1) is 12.8. The lowest BCUT2D eigenvalue weighted by Gasteiger charge is -2.08. The van der Waals surface area contributed by atoms with Gasteiger partial charge in [-0.1, -0.05) is 0 Å². The Hall–Kier alpha value is -2.22. The minimum absolute atomic E-state index is 0.223. The first-order valence-corrected chi connectivity index (χ1v) is 6.41. The van der Waals surface area contributed by atoms with Gasteiger partial charge in [-0.05, 0) is 35.0 Å². The van der Waals surface area contributed by atoms with Crippen LogP contribution in [0, 0.1) is 12.7 Å². The van der Waals surface area contributed by atoms with Gasteiger partial charge >= 0.3 is 5.69 Å². The molecule has 0 amide bonds. The summed E-state index contributed by atoms with van der Waals surface area (Å²) in [4.78, 5) is 15.6. The zero-order valence-corrected chi connectivity index (χ0v) is 11.8. The van der Waals surface area contributed by atoms with Crippen molar-refractivity contribution in [2.24, 2.45) is 0 Å². The van der Waals surface area contributed by atoms with Gasteiger partial charge in [-0.3, -0.25) is 0 Å². The molecule has 0 spiro atoms. The topological polar surface area (TPSA) is 72.3 Å². The van der Waals surface area contributed by atoms with Gasteiger partial charge in [-0.25, -0.2) is 18.7 Å². The Bertz CT molecular complexity index is 858. The van der Waals surface area contributed by atoms with Crippen LogP contribution in [0.4, 0.5) is 4.39 Å². The lowest BCUT2D eigenvalue weighted by atomic mass is 10.3. The Balaban J connectivity index is 2.07. The minimum atomic E-state index is -0.419. The van der Waals surface area contributed by atoms with E-state index in [-0.39, 0.29) is 11.6 Å². The molecule has 6 nitrogen and oxygen atoms in total. The fourth-order valence-electron chi connectivity index (χ4n) is 1.79. The van der Waals surface area contributed by atoms with Crippen molar-refractivity contribution < 1.29 is 9.13 Å². The molecule has 0 bridgehead atoms. The fourth-order valence-corrected chi connectivity index (χ4v) is 2.12. The standard InChI is InChI=1S/C12H8BrFN4O2/c1-6-15-11(5-10-16-17-12(19)18(6)10)20-9-4-7(14)2-3-8(9)13/h2-5H,1H3,(H,17,19). The number of hydrogen-bond acceptors (Lipinski definition) is 4. The molecule has 102 valence electrons. The van der Waals surface area contributed by atoms with Crippen molar-refractivity contribution in [3.63, 3.8) is 0 Å². The number of aromatic amines is 1. The van der Waals surface area contributed by atoms with Crippen molar-refractivity contribution in [3.8, 4) is 11.6 Å². The van der Waals surface area contributed by atoms with Crippen LogP contribution >= 0.6 is 15.9 Å². The molecular weight excluding hydrogens is 331 g/mol. The molecule has 0 atom stereocenters. The quantitative estimate of drug-likeness (QED) is 0.778. The molecule has 3 rings (SSSR count). The Labute approximate surface area is 120 Å². The second-order valence-corrected chi connectivity index (χ2v) is 4.90.